The van der Waals surface area contributed by atoms with Crippen LogP contribution in [0.15, 0.2) is 35.3 Å². The van der Waals surface area contributed by atoms with Gasteiger partial charge in [0.15, 0.2) is 23.2 Å². The van der Waals surface area contributed by atoms with E-state index in [9.17, 15) is 24.3 Å². The van der Waals surface area contributed by atoms with E-state index in [1.807, 2.05) is 0 Å². The van der Waals surface area contributed by atoms with E-state index >= 15 is 0 Å². The van der Waals surface area contributed by atoms with Gasteiger partial charge in [-0.15, -0.1) is 0 Å². The van der Waals surface area contributed by atoms with Crippen molar-refractivity contribution in [3.63, 3.8) is 0 Å². The van der Waals surface area contributed by atoms with Crippen molar-refractivity contribution in [1.29, 1.82) is 0 Å². The van der Waals surface area contributed by atoms with Crippen LogP contribution in [0.25, 0.3) is 0 Å². The highest BCUT2D eigenvalue weighted by Gasteiger charge is 2.29. The molecule has 1 aliphatic rings. The highest BCUT2D eigenvalue weighted by Crippen LogP contribution is 2.36. The number of nitrogens with zero attached hydrogens (tertiary/aromatic N) is 1. The quantitative estimate of drug-likeness (QED) is 0.149. The molecule has 0 saturated heterocycles. The van der Waals surface area contributed by atoms with E-state index < -0.39 is 42.5 Å². The fourth-order valence-electron chi connectivity index (χ4n) is 3.76. The molecule has 184 valence electrons. The topological polar surface area (TPSA) is 192 Å². The molecule has 3 rings (SSSR count). The average molecular weight is 483 g/mol. The molecule has 0 spiro atoms. The van der Waals surface area contributed by atoms with Gasteiger partial charge < -0.3 is 31.2 Å². The normalized spacial score (nSPS) is 13.8. The monoisotopic (exact) mass is 483 g/mol. The van der Waals surface area contributed by atoms with Gasteiger partial charge in [0.25, 0.3) is 0 Å². The van der Waals surface area contributed by atoms with Gasteiger partial charge in [-0.2, -0.15) is 0 Å². The molecule has 1 heterocycles. The summed E-state index contributed by atoms with van der Waals surface area (Å²) in [6, 6.07) is 7.83. The maximum atomic E-state index is 13.0. The molecule has 0 bridgehead atoms. The SMILES string of the molecule is Cc1cc2c(c(C(=O)CC(CC(=O)O)C(=O)O)c1)OCCCc1cc(N=C(N)N)ccc1C(=O)O2. The average Bonchev–Trinajstić information content (AvgIpc) is 2.76. The summed E-state index contributed by atoms with van der Waals surface area (Å²) in [5.74, 6) is -5.55. The molecule has 0 aromatic heterocycles. The lowest BCUT2D eigenvalue weighted by molar-refractivity contribution is -0.148. The number of aliphatic imine (C=N–C) groups is 1. The fourth-order valence-corrected chi connectivity index (χ4v) is 3.76. The number of carboxylic acid groups (broad SMARTS) is 2. The van der Waals surface area contributed by atoms with Crippen LogP contribution in [0, 0.1) is 12.8 Å². The Labute approximate surface area is 200 Å². The third-order valence-electron chi connectivity index (χ3n) is 5.31. The number of carbonyl (C=O) groups excluding carboxylic acids is 2. The first-order chi connectivity index (χ1) is 16.5. The number of rotatable bonds is 7. The molecular formula is C24H25N3O8. The van der Waals surface area contributed by atoms with Crippen molar-refractivity contribution in [2.75, 3.05) is 6.61 Å². The number of aryl methyl sites for hydroxylation is 2. The number of aliphatic carboxylic acids is 2. The van der Waals surface area contributed by atoms with Crippen LogP contribution in [0.4, 0.5) is 5.69 Å². The molecule has 0 fully saturated rings. The standard InChI is InChI=1S/C24H25N3O8/c1-12-7-17(18(28)10-14(22(31)32)11-20(29)30)21-19(8-12)35-23(33)16-5-4-15(27-24(25)26)9-13(16)3-2-6-34-21/h4-5,7-9,14H,2-3,6,10-11H2,1H3,(H,29,30)(H,31,32)(H4,25,26,27). The van der Waals surface area contributed by atoms with Gasteiger partial charge in [0.05, 0.1) is 35.8 Å². The summed E-state index contributed by atoms with van der Waals surface area (Å²) in [5.41, 5.74) is 12.9. The molecule has 0 radical (unpaired) electrons. The Morgan fingerprint density at radius 1 is 1.11 bits per heavy atom. The number of ketones is 1. The van der Waals surface area contributed by atoms with Crippen LogP contribution in [-0.2, 0) is 16.0 Å². The van der Waals surface area contributed by atoms with Gasteiger partial charge in [-0.25, -0.2) is 9.79 Å². The number of carbonyl (C=O) groups is 4. The van der Waals surface area contributed by atoms with Crippen molar-refractivity contribution in [1.82, 2.24) is 0 Å². The zero-order valence-electron chi connectivity index (χ0n) is 18.9. The highest BCUT2D eigenvalue weighted by atomic mass is 16.6. The number of esters is 1. The van der Waals surface area contributed by atoms with E-state index in [0.29, 0.717) is 35.2 Å². The molecule has 1 unspecified atom stereocenters. The maximum absolute atomic E-state index is 13.0. The predicted molar refractivity (Wildman–Crippen MR) is 124 cm³/mol. The first-order valence-corrected chi connectivity index (χ1v) is 10.7. The number of carboxylic acids is 2. The van der Waals surface area contributed by atoms with Crippen molar-refractivity contribution < 1.29 is 38.9 Å². The Morgan fingerprint density at radius 2 is 1.86 bits per heavy atom. The zero-order chi connectivity index (χ0) is 25.7. The summed E-state index contributed by atoms with van der Waals surface area (Å²) in [7, 11) is 0. The first kappa shape index (κ1) is 25.2. The Morgan fingerprint density at radius 3 is 2.51 bits per heavy atom. The Kier molecular flexibility index (Phi) is 7.69. The lowest BCUT2D eigenvalue weighted by Gasteiger charge is -2.19. The molecule has 35 heavy (non-hydrogen) atoms. The second-order valence-corrected chi connectivity index (χ2v) is 8.12. The third-order valence-corrected chi connectivity index (χ3v) is 5.31. The van der Waals surface area contributed by atoms with Crippen molar-refractivity contribution in [2.45, 2.75) is 32.6 Å². The van der Waals surface area contributed by atoms with Crippen molar-refractivity contribution in [3.05, 3.63) is 52.6 Å². The second-order valence-electron chi connectivity index (χ2n) is 8.12. The third kappa shape index (κ3) is 6.34. The molecule has 2 aromatic rings. The Balaban J connectivity index is 1.98. The van der Waals surface area contributed by atoms with Crippen molar-refractivity contribution in [3.8, 4) is 11.5 Å². The minimum atomic E-state index is -1.41. The molecule has 1 atom stereocenters. The van der Waals surface area contributed by atoms with Crippen LogP contribution >= 0.6 is 0 Å². The number of ether oxygens (including phenoxy) is 2. The Bertz CT molecular complexity index is 1220. The zero-order valence-corrected chi connectivity index (χ0v) is 18.9. The van der Waals surface area contributed by atoms with Crippen LogP contribution in [0.3, 0.4) is 0 Å². The van der Waals surface area contributed by atoms with Gasteiger partial charge in [0, 0.05) is 6.42 Å². The van der Waals surface area contributed by atoms with Crippen molar-refractivity contribution in [2.24, 2.45) is 22.4 Å². The molecule has 0 aliphatic carbocycles. The maximum Gasteiger partial charge on any atom is 0.343 e. The molecule has 11 heteroatoms. The van der Waals surface area contributed by atoms with Gasteiger partial charge in [-0.05, 0) is 61.2 Å². The van der Waals surface area contributed by atoms with Gasteiger partial charge in [0.2, 0.25) is 0 Å². The summed E-state index contributed by atoms with van der Waals surface area (Å²) in [5, 5.41) is 18.3. The van der Waals surface area contributed by atoms with Crippen LogP contribution in [0.5, 0.6) is 11.5 Å². The minimum absolute atomic E-state index is 0.00427. The summed E-state index contributed by atoms with van der Waals surface area (Å²) in [6.45, 7) is 1.84. The van der Waals surface area contributed by atoms with Crippen LogP contribution in [-0.4, -0.2) is 46.5 Å². The summed E-state index contributed by atoms with van der Waals surface area (Å²) >= 11 is 0. The Hall–Kier alpha value is -4.41. The summed E-state index contributed by atoms with van der Waals surface area (Å²) in [4.78, 5) is 52.5. The van der Waals surface area contributed by atoms with Gasteiger partial charge in [-0.1, -0.05) is 0 Å². The number of Topliss-reactive ketones (excluding diaryl/α,β-unsaturated/α-hetero) is 1. The van der Waals surface area contributed by atoms with Gasteiger partial charge in [-0.3, -0.25) is 14.4 Å². The largest absolute Gasteiger partial charge is 0.489 e. The van der Waals surface area contributed by atoms with Crippen LogP contribution < -0.4 is 20.9 Å². The number of fused-ring (bicyclic) bond motifs is 2. The van der Waals surface area contributed by atoms with Gasteiger partial charge >= 0.3 is 17.9 Å². The molecule has 0 saturated carbocycles. The predicted octanol–water partition coefficient (Wildman–Crippen LogP) is 2.19. The van der Waals surface area contributed by atoms with E-state index in [1.54, 1.807) is 25.1 Å². The van der Waals surface area contributed by atoms with E-state index in [-0.39, 0.29) is 29.6 Å². The lowest BCUT2D eigenvalue weighted by atomic mass is 9.94. The van der Waals surface area contributed by atoms with Gasteiger partial charge in [0.1, 0.15) is 0 Å². The summed E-state index contributed by atoms with van der Waals surface area (Å²) in [6.07, 6.45) is -0.347. The second kappa shape index (κ2) is 10.7. The number of hydrogen-bond donors (Lipinski definition) is 4. The van der Waals surface area contributed by atoms with Crippen LogP contribution in [0.1, 0.15) is 51.1 Å². The molecule has 1 aliphatic heterocycles. The molecule has 0 amide bonds. The van der Waals surface area contributed by atoms with E-state index in [2.05, 4.69) is 4.99 Å². The fraction of sp³-hybridized carbons (Fsp3) is 0.292. The smallest absolute Gasteiger partial charge is 0.343 e. The highest BCUT2D eigenvalue weighted by molar-refractivity contribution is 6.02. The molecule has 6 N–H and O–H groups in total. The van der Waals surface area contributed by atoms with E-state index in [1.165, 1.54) is 12.1 Å². The molecule has 11 nitrogen and oxygen atoms in total. The lowest BCUT2D eigenvalue weighted by Crippen LogP contribution is -2.22. The molecule has 2 aromatic carbocycles. The summed E-state index contributed by atoms with van der Waals surface area (Å²) < 4.78 is 11.4. The molecular weight excluding hydrogens is 458 g/mol. The van der Waals surface area contributed by atoms with Crippen molar-refractivity contribution >= 4 is 35.3 Å². The number of benzene rings is 2. The van der Waals surface area contributed by atoms with E-state index in [4.69, 9.17) is 26.0 Å². The first-order valence-electron chi connectivity index (χ1n) is 10.7. The minimum Gasteiger partial charge on any atom is -0.489 e. The van der Waals surface area contributed by atoms with Crippen LogP contribution in [0.2, 0.25) is 0 Å². The number of hydrogen-bond acceptors (Lipinski definition) is 7. The van der Waals surface area contributed by atoms with E-state index in [0.717, 1.165) is 0 Å². The number of guanidine groups is 1. The number of nitrogens with two attached hydrogens (primary N) is 2.